The first-order valence-corrected chi connectivity index (χ1v) is 6.06. The van der Waals surface area contributed by atoms with Gasteiger partial charge in [0.2, 0.25) is 0 Å². The predicted molar refractivity (Wildman–Crippen MR) is 57.3 cm³/mol. The van der Waals surface area contributed by atoms with Crippen LogP contribution in [0.3, 0.4) is 0 Å². The summed E-state index contributed by atoms with van der Waals surface area (Å²) in [5, 5.41) is 9.41. The lowest BCUT2D eigenvalue weighted by atomic mass is 9.69. The zero-order valence-corrected chi connectivity index (χ0v) is 9.69. The summed E-state index contributed by atoms with van der Waals surface area (Å²) in [6.07, 6.45) is 2.17. The SMILES string of the molecule is CC1CC(CO)C(C2OCCO2)CC1C. The van der Waals surface area contributed by atoms with Crippen LogP contribution >= 0.6 is 0 Å². The van der Waals surface area contributed by atoms with Crippen LogP contribution in [0.25, 0.3) is 0 Å². The number of ether oxygens (including phenoxy) is 2. The molecular weight excluding hydrogens is 192 g/mol. The van der Waals surface area contributed by atoms with Gasteiger partial charge in [0.15, 0.2) is 6.29 Å². The quantitative estimate of drug-likeness (QED) is 0.759. The summed E-state index contributed by atoms with van der Waals surface area (Å²) in [6.45, 7) is 6.26. The van der Waals surface area contributed by atoms with E-state index in [2.05, 4.69) is 13.8 Å². The lowest BCUT2D eigenvalue weighted by molar-refractivity contribution is -0.125. The Hall–Kier alpha value is -0.120. The molecule has 1 N–H and O–H groups in total. The van der Waals surface area contributed by atoms with Gasteiger partial charge < -0.3 is 14.6 Å². The molecule has 1 heterocycles. The summed E-state index contributed by atoms with van der Waals surface area (Å²) in [5.74, 6) is 2.17. The zero-order valence-electron chi connectivity index (χ0n) is 9.69. The van der Waals surface area contributed by atoms with Gasteiger partial charge in [-0.3, -0.25) is 0 Å². The van der Waals surface area contributed by atoms with Gasteiger partial charge in [0.05, 0.1) is 13.2 Å². The topological polar surface area (TPSA) is 38.7 Å². The van der Waals surface area contributed by atoms with Crippen LogP contribution < -0.4 is 0 Å². The molecule has 0 aromatic heterocycles. The molecule has 1 saturated heterocycles. The van der Waals surface area contributed by atoms with Crippen molar-refractivity contribution >= 4 is 0 Å². The van der Waals surface area contributed by atoms with Crippen molar-refractivity contribution in [3.63, 3.8) is 0 Å². The van der Waals surface area contributed by atoms with Gasteiger partial charge in [-0.2, -0.15) is 0 Å². The zero-order chi connectivity index (χ0) is 10.8. The second-order valence-corrected chi connectivity index (χ2v) is 5.14. The molecule has 1 aliphatic carbocycles. The molecule has 3 nitrogen and oxygen atoms in total. The first-order chi connectivity index (χ1) is 7.22. The van der Waals surface area contributed by atoms with Crippen molar-refractivity contribution < 1.29 is 14.6 Å². The van der Waals surface area contributed by atoms with Crippen molar-refractivity contribution in [2.45, 2.75) is 33.0 Å². The van der Waals surface area contributed by atoms with Crippen molar-refractivity contribution in [3.8, 4) is 0 Å². The van der Waals surface area contributed by atoms with Crippen LogP contribution in [-0.4, -0.2) is 31.2 Å². The Bertz CT molecular complexity index is 201. The molecule has 2 rings (SSSR count). The second-order valence-electron chi connectivity index (χ2n) is 5.14. The van der Waals surface area contributed by atoms with E-state index in [0.29, 0.717) is 36.9 Å². The molecule has 0 bridgehead atoms. The van der Waals surface area contributed by atoms with Gasteiger partial charge in [-0.25, -0.2) is 0 Å². The van der Waals surface area contributed by atoms with E-state index < -0.39 is 0 Å². The highest BCUT2D eigenvalue weighted by Gasteiger charge is 2.39. The van der Waals surface area contributed by atoms with Gasteiger partial charge in [0.25, 0.3) is 0 Å². The van der Waals surface area contributed by atoms with Crippen LogP contribution in [0.1, 0.15) is 26.7 Å². The Labute approximate surface area is 91.8 Å². The van der Waals surface area contributed by atoms with Crippen LogP contribution in [0, 0.1) is 23.7 Å². The third-order valence-corrected chi connectivity index (χ3v) is 4.13. The lowest BCUT2D eigenvalue weighted by Gasteiger charge is -2.39. The van der Waals surface area contributed by atoms with Crippen LogP contribution in [0.5, 0.6) is 0 Å². The summed E-state index contributed by atoms with van der Waals surface area (Å²) in [4.78, 5) is 0. The molecule has 88 valence electrons. The monoisotopic (exact) mass is 214 g/mol. The van der Waals surface area contributed by atoms with Gasteiger partial charge in [0, 0.05) is 12.5 Å². The second kappa shape index (κ2) is 4.81. The maximum absolute atomic E-state index is 9.41. The predicted octanol–water partition coefficient (Wildman–Crippen LogP) is 1.65. The molecule has 0 radical (unpaired) electrons. The van der Waals surface area contributed by atoms with E-state index in [1.165, 1.54) is 0 Å². The Morgan fingerprint density at radius 3 is 2.27 bits per heavy atom. The summed E-state index contributed by atoms with van der Waals surface area (Å²) in [6, 6.07) is 0. The molecule has 0 amide bonds. The van der Waals surface area contributed by atoms with Crippen LogP contribution in [0.4, 0.5) is 0 Å². The Morgan fingerprint density at radius 2 is 1.67 bits per heavy atom. The minimum absolute atomic E-state index is 0.0582. The first-order valence-electron chi connectivity index (χ1n) is 6.06. The number of aliphatic hydroxyl groups excluding tert-OH is 1. The van der Waals surface area contributed by atoms with E-state index >= 15 is 0 Å². The number of hydrogen-bond donors (Lipinski definition) is 1. The van der Waals surface area contributed by atoms with Crippen LogP contribution in [0.15, 0.2) is 0 Å². The molecule has 1 aliphatic heterocycles. The van der Waals surface area contributed by atoms with Crippen molar-refractivity contribution in [3.05, 3.63) is 0 Å². The van der Waals surface area contributed by atoms with E-state index in [1.807, 2.05) is 0 Å². The summed E-state index contributed by atoms with van der Waals surface area (Å²) < 4.78 is 11.1. The van der Waals surface area contributed by atoms with Crippen molar-refractivity contribution in [2.24, 2.45) is 23.7 Å². The maximum atomic E-state index is 9.41. The lowest BCUT2D eigenvalue weighted by Crippen LogP contribution is -2.38. The van der Waals surface area contributed by atoms with E-state index in [9.17, 15) is 5.11 Å². The molecule has 0 spiro atoms. The van der Waals surface area contributed by atoms with E-state index in [1.54, 1.807) is 0 Å². The molecule has 1 saturated carbocycles. The normalized spacial score (nSPS) is 43.4. The molecule has 0 aromatic carbocycles. The molecule has 2 fully saturated rings. The highest BCUT2D eigenvalue weighted by atomic mass is 16.7. The van der Waals surface area contributed by atoms with Gasteiger partial charge in [-0.05, 0) is 30.6 Å². The Morgan fingerprint density at radius 1 is 1.07 bits per heavy atom. The summed E-state index contributed by atoms with van der Waals surface area (Å²) >= 11 is 0. The van der Waals surface area contributed by atoms with Gasteiger partial charge in [0.1, 0.15) is 0 Å². The van der Waals surface area contributed by atoms with Crippen molar-refractivity contribution in [1.29, 1.82) is 0 Å². The van der Waals surface area contributed by atoms with Crippen molar-refractivity contribution in [2.75, 3.05) is 19.8 Å². The fourth-order valence-electron chi connectivity index (χ4n) is 2.91. The molecule has 3 heteroatoms. The smallest absolute Gasteiger partial charge is 0.160 e. The van der Waals surface area contributed by atoms with Gasteiger partial charge >= 0.3 is 0 Å². The third kappa shape index (κ3) is 2.35. The van der Waals surface area contributed by atoms with Crippen LogP contribution in [0.2, 0.25) is 0 Å². The summed E-state index contributed by atoms with van der Waals surface area (Å²) in [7, 11) is 0. The third-order valence-electron chi connectivity index (χ3n) is 4.13. The van der Waals surface area contributed by atoms with E-state index in [4.69, 9.17) is 9.47 Å². The van der Waals surface area contributed by atoms with Crippen molar-refractivity contribution in [1.82, 2.24) is 0 Å². The number of aliphatic hydroxyl groups is 1. The fraction of sp³-hybridized carbons (Fsp3) is 1.00. The molecule has 0 aromatic rings. The minimum Gasteiger partial charge on any atom is -0.396 e. The molecule has 15 heavy (non-hydrogen) atoms. The average Bonchev–Trinajstić information content (AvgIpc) is 2.74. The minimum atomic E-state index is -0.0582. The molecule has 2 aliphatic rings. The fourth-order valence-corrected chi connectivity index (χ4v) is 2.91. The average molecular weight is 214 g/mol. The van der Waals surface area contributed by atoms with E-state index in [-0.39, 0.29) is 12.9 Å². The van der Waals surface area contributed by atoms with Gasteiger partial charge in [-0.15, -0.1) is 0 Å². The first kappa shape index (κ1) is 11.4. The number of rotatable bonds is 2. The highest BCUT2D eigenvalue weighted by Crippen LogP contribution is 2.40. The van der Waals surface area contributed by atoms with E-state index in [0.717, 1.165) is 12.8 Å². The maximum Gasteiger partial charge on any atom is 0.160 e. The van der Waals surface area contributed by atoms with Gasteiger partial charge in [-0.1, -0.05) is 13.8 Å². The largest absolute Gasteiger partial charge is 0.396 e. The van der Waals surface area contributed by atoms with Crippen LogP contribution in [-0.2, 0) is 9.47 Å². The molecule has 4 atom stereocenters. The molecule has 4 unspecified atom stereocenters. The highest BCUT2D eigenvalue weighted by molar-refractivity contribution is 4.84. The standard InChI is InChI=1S/C12H22O3/c1-8-5-10(7-13)11(6-9(8)2)12-14-3-4-15-12/h8-13H,3-7H2,1-2H3. The number of hydrogen-bond acceptors (Lipinski definition) is 3. The molecular formula is C12H22O3. The Balaban J connectivity index is 2.00. The Kier molecular flexibility index (Phi) is 3.65. The summed E-state index contributed by atoms with van der Waals surface area (Å²) in [5.41, 5.74) is 0.